The lowest BCUT2D eigenvalue weighted by Crippen LogP contribution is -2.27. The molecular weight excluding hydrogens is 336 g/mol. The molecule has 0 aliphatic carbocycles. The van der Waals surface area contributed by atoms with Gasteiger partial charge in [-0.25, -0.2) is 9.67 Å². The van der Waals surface area contributed by atoms with Crippen molar-refractivity contribution in [1.29, 1.82) is 0 Å². The number of carbonyl (C=O) groups excluding carboxylic acids is 1. The molecule has 6 heteroatoms. The van der Waals surface area contributed by atoms with Crippen molar-refractivity contribution in [2.45, 2.75) is 26.8 Å². The Balaban J connectivity index is 1.80. The summed E-state index contributed by atoms with van der Waals surface area (Å²) in [5.74, 6) is 0.402. The molecule has 0 fully saturated rings. The molecule has 0 bridgehead atoms. The summed E-state index contributed by atoms with van der Waals surface area (Å²) in [5.41, 5.74) is 2.90. The summed E-state index contributed by atoms with van der Waals surface area (Å²) in [6, 6.07) is 15.2. The van der Waals surface area contributed by atoms with Crippen LogP contribution in [-0.4, -0.2) is 20.7 Å². The largest absolute Gasteiger partial charge is 0.343 e. The molecule has 0 spiro atoms. The van der Waals surface area contributed by atoms with Gasteiger partial charge in [-0.2, -0.15) is 0 Å². The Morgan fingerprint density at radius 2 is 1.80 bits per heavy atom. The molecule has 0 aliphatic rings. The van der Waals surface area contributed by atoms with Crippen LogP contribution in [0.2, 0.25) is 5.02 Å². The Labute approximate surface area is 151 Å². The van der Waals surface area contributed by atoms with Gasteiger partial charge in [0, 0.05) is 0 Å². The first-order chi connectivity index (χ1) is 12.0. The van der Waals surface area contributed by atoms with Crippen molar-refractivity contribution in [3.05, 3.63) is 76.3 Å². The van der Waals surface area contributed by atoms with E-state index in [1.165, 1.54) is 5.56 Å². The predicted molar refractivity (Wildman–Crippen MR) is 98.2 cm³/mol. The summed E-state index contributed by atoms with van der Waals surface area (Å²) in [5, 5.41) is 7.79. The molecule has 1 heterocycles. The van der Waals surface area contributed by atoms with E-state index in [9.17, 15) is 4.79 Å². The van der Waals surface area contributed by atoms with Crippen molar-refractivity contribution in [2.24, 2.45) is 0 Å². The number of benzene rings is 2. The second kappa shape index (κ2) is 7.07. The molecule has 25 heavy (non-hydrogen) atoms. The average Bonchev–Trinajstić information content (AvgIpc) is 2.97. The van der Waals surface area contributed by atoms with Gasteiger partial charge in [-0.1, -0.05) is 53.6 Å². The van der Waals surface area contributed by atoms with E-state index in [1.807, 2.05) is 56.3 Å². The zero-order valence-electron chi connectivity index (χ0n) is 14.3. The summed E-state index contributed by atoms with van der Waals surface area (Å²) in [6.07, 6.45) is 0. The number of amides is 1. The highest BCUT2D eigenvalue weighted by Crippen LogP contribution is 2.20. The highest BCUT2D eigenvalue weighted by Gasteiger charge is 2.18. The van der Waals surface area contributed by atoms with Crippen molar-refractivity contribution in [2.75, 3.05) is 0 Å². The van der Waals surface area contributed by atoms with Crippen LogP contribution in [0.4, 0.5) is 0 Å². The fourth-order valence-corrected chi connectivity index (χ4v) is 2.75. The molecule has 0 saturated heterocycles. The average molecular weight is 355 g/mol. The third kappa shape index (κ3) is 3.72. The maximum absolute atomic E-state index is 12.5. The van der Waals surface area contributed by atoms with Crippen molar-refractivity contribution < 1.29 is 4.79 Å². The minimum Gasteiger partial charge on any atom is -0.343 e. The highest BCUT2D eigenvalue weighted by molar-refractivity contribution is 6.32. The molecule has 0 aliphatic heterocycles. The van der Waals surface area contributed by atoms with Gasteiger partial charge in [0.05, 0.1) is 16.8 Å². The molecule has 3 aromatic rings. The number of para-hydroxylation sites is 1. The maximum Gasteiger partial charge on any atom is 0.291 e. The predicted octanol–water partition coefficient (Wildman–Crippen LogP) is 4.03. The van der Waals surface area contributed by atoms with Gasteiger partial charge in [-0.15, -0.1) is 5.10 Å². The van der Waals surface area contributed by atoms with Crippen LogP contribution in [0.15, 0.2) is 48.5 Å². The fourth-order valence-electron chi connectivity index (χ4n) is 2.54. The van der Waals surface area contributed by atoms with Gasteiger partial charge in [-0.3, -0.25) is 4.79 Å². The smallest absolute Gasteiger partial charge is 0.291 e. The lowest BCUT2D eigenvalue weighted by Gasteiger charge is -2.13. The number of hydrogen-bond donors (Lipinski definition) is 1. The Morgan fingerprint density at radius 3 is 2.48 bits per heavy atom. The first-order valence-electron chi connectivity index (χ1n) is 8.01. The van der Waals surface area contributed by atoms with Gasteiger partial charge in [0.1, 0.15) is 5.82 Å². The maximum atomic E-state index is 12.5. The summed E-state index contributed by atoms with van der Waals surface area (Å²) in [4.78, 5) is 16.8. The lowest BCUT2D eigenvalue weighted by atomic mass is 10.1. The van der Waals surface area contributed by atoms with E-state index in [0.717, 1.165) is 5.56 Å². The van der Waals surface area contributed by atoms with Gasteiger partial charge in [0.2, 0.25) is 5.82 Å². The number of nitrogens with one attached hydrogen (secondary N) is 1. The number of carbonyl (C=O) groups is 1. The first kappa shape index (κ1) is 17.2. The van der Waals surface area contributed by atoms with E-state index >= 15 is 0 Å². The van der Waals surface area contributed by atoms with Gasteiger partial charge in [0.15, 0.2) is 0 Å². The second-order valence-corrected chi connectivity index (χ2v) is 6.36. The third-order valence-corrected chi connectivity index (χ3v) is 4.30. The zero-order chi connectivity index (χ0) is 18.0. The topological polar surface area (TPSA) is 59.8 Å². The standard InChI is InChI=1S/C19H19ClN4O/c1-12-8-10-15(11-9-12)13(2)21-19(25)18-22-14(3)24(23-18)17-7-5-4-6-16(17)20/h4-11,13H,1-3H3,(H,21,25). The van der Waals surface area contributed by atoms with E-state index in [4.69, 9.17) is 11.6 Å². The SMILES string of the molecule is Cc1ccc(C(C)NC(=O)c2nc(C)n(-c3ccccc3Cl)n2)cc1. The Hall–Kier alpha value is -2.66. The minimum absolute atomic E-state index is 0.122. The number of halogens is 1. The zero-order valence-corrected chi connectivity index (χ0v) is 15.1. The molecule has 0 saturated carbocycles. The quantitative estimate of drug-likeness (QED) is 0.769. The normalized spacial score (nSPS) is 12.0. The van der Waals surface area contributed by atoms with E-state index in [1.54, 1.807) is 17.7 Å². The van der Waals surface area contributed by atoms with E-state index in [2.05, 4.69) is 15.4 Å². The van der Waals surface area contributed by atoms with Crippen molar-refractivity contribution in [3.63, 3.8) is 0 Å². The summed E-state index contributed by atoms with van der Waals surface area (Å²) in [6.45, 7) is 5.75. The van der Waals surface area contributed by atoms with Crippen LogP contribution in [0.5, 0.6) is 0 Å². The van der Waals surface area contributed by atoms with E-state index in [0.29, 0.717) is 16.5 Å². The van der Waals surface area contributed by atoms with Crippen LogP contribution in [0.1, 0.15) is 40.5 Å². The van der Waals surface area contributed by atoms with E-state index < -0.39 is 0 Å². The first-order valence-corrected chi connectivity index (χ1v) is 8.39. The summed E-state index contributed by atoms with van der Waals surface area (Å²) in [7, 11) is 0. The molecule has 2 aromatic carbocycles. The van der Waals surface area contributed by atoms with Gasteiger partial charge in [0.25, 0.3) is 5.91 Å². The number of rotatable bonds is 4. The molecule has 1 N–H and O–H groups in total. The Morgan fingerprint density at radius 1 is 1.12 bits per heavy atom. The van der Waals surface area contributed by atoms with Gasteiger partial charge >= 0.3 is 0 Å². The fraction of sp³-hybridized carbons (Fsp3) is 0.211. The Bertz CT molecular complexity index is 902. The summed E-state index contributed by atoms with van der Waals surface area (Å²) < 4.78 is 1.58. The van der Waals surface area contributed by atoms with Crippen LogP contribution >= 0.6 is 11.6 Å². The molecule has 1 atom stereocenters. The van der Waals surface area contributed by atoms with Crippen molar-refractivity contribution >= 4 is 17.5 Å². The van der Waals surface area contributed by atoms with Crippen LogP contribution in [0.25, 0.3) is 5.69 Å². The third-order valence-electron chi connectivity index (χ3n) is 3.98. The van der Waals surface area contributed by atoms with Gasteiger partial charge < -0.3 is 5.32 Å². The van der Waals surface area contributed by atoms with Crippen LogP contribution < -0.4 is 5.32 Å². The van der Waals surface area contributed by atoms with Crippen molar-refractivity contribution in [1.82, 2.24) is 20.1 Å². The second-order valence-electron chi connectivity index (χ2n) is 5.95. The van der Waals surface area contributed by atoms with Crippen LogP contribution in [0, 0.1) is 13.8 Å². The van der Waals surface area contributed by atoms with E-state index in [-0.39, 0.29) is 17.8 Å². The molecule has 1 aromatic heterocycles. The molecule has 5 nitrogen and oxygen atoms in total. The molecule has 1 unspecified atom stereocenters. The molecule has 0 radical (unpaired) electrons. The number of nitrogens with zero attached hydrogens (tertiary/aromatic N) is 3. The number of aryl methyl sites for hydroxylation is 2. The molecule has 3 rings (SSSR count). The van der Waals surface area contributed by atoms with Crippen molar-refractivity contribution in [3.8, 4) is 5.69 Å². The molecular formula is C19H19ClN4O. The monoisotopic (exact) mass is 354 g/mol. The minimum atomic E-state index is -0.318. The Kier molecular flexibility index (Phi) is 4.86. The molecule has 128 valence electrons. The summed E-state index contributed by atoms with van der Waals surface area (Å²) >= 11 is 6.21. The highest BCUT2D eigenvalue weighted by atomic mass is 35.5. The number of aromatic nitrogens is 3. The molecule has 1 amide bonds. The lowest BCUT2D eigenvalue weighted by molar-refractivity contribution is 0.0929. The number of hydrogen-bond acceptors (Lipinski definition) is 3. The van der Waals surface area contributed by atoms with Crippen LogP contribution in [-0.2, 0) is 0 Å². The van der Waals surface area contributed by atoms with Crippen LogP contribution in [0.3, 0.4) is 0 Å². The van der Waals surface area contributed by atoms with Gasteiger partial charge in [-0.05, 0) is 38.5 Å².